The highest BCUT2D eigenvalue weighted by molar-refractivity contribution is 5.91. The molecule has 0 fully saturated rings. The standard InChI is InChI=1S/C12H16N2O6/c1-7(15)10(12(18)19)14-9(16)4-5-13-11(17)8-3-2-6-20-8/h2-3,6-7,10,15H,4-5H2,1H3,(H,13,17)(H,14,16)(H,18,19). The number of hydrogen-bond donors (Lipinski definition) is 4. The summed E-state index contributed by atoms with van der Waals surface area (Å²) < 4.78 is 4.86. The molecule has 2 unspecified atom stereocenters. The van der Waals surface area contributed by atoms with E-state index in [1.165, 1.54) is 19.3 Å². The summed E-state index contributed by atoms with van der Waals surface area (Å²) in [5.41, 5.74) is 0. The van der Waals surface area contributed by atoms with Crippen LogP contribution in [-0.2, 0) is 9.59 Å². The Balaban J connectivity index is 2.33. The Morgan fingerprint density at radius 3 is 2.60 bits per heavy atom. The lowest BCUT2D eigenvalue weighted by molar-refractivity contribution is -0.144. The second kappa shape index (κ2) is 7.29. The molecule has 0 aromatic carbocycles. The third-order valence-electron chi connectivity index (χ3n) is 2.45. The van der Waals surface area contributed by atoms with Crippen LogP contribution in [0.4, 0.5) is 0 Å². The van der Waals surface area contributed by atoms with E-state index in [1.54, 1.807) is 6.07 Å². The van der Waals surface area contributed by atoms with Gasteiger partial charge in [0, 0.05) is 13.0 Å². The van der Waals surface area contributed by atoms with Crippen molar-refractivity contribution in [2.75, 3.05) is 6.54 Å². The van der Waals surface area contributed by atoms with Gasteiger partial charge in [0.25, 0.3) is 5.91 Å². The number of aliphatic carboxylic acids is 1. The van der Waals surface area contributed by atoms with Gasteiger partial charge >= 0.3 is 5.97 Å². The van der Waals surface area contributed by atoms with Gasteiger partial charge in [-0.15, -0.1) is 0 Å². The minimum Gasteiger partial charge on any atom is -0.480 e. The molecule has 8 heteroatoms. The molecular formula is C12H16N2O6. The van der Waals surface area contributed by atoms with Crippen LogP contribution in [-0.4, -0.2) is 46.7 Å². The van der Waals surface area contributed by atoms with Gasteiger partial charge in [0.1, 0.15) is 0 Å². The van der Waals surface area contributed by atoms with E-state index < -0.39 is 29.9 Å². The van der Waals surface area contributed by atoms with Crippen LogP contribution in [0.1, 0.15) is 23.9 Å². The Hall–Kier alpha value is -2.35. The van der Waals surface area contributed by atoms with Crippen LogP contribution >= 0.6 is 0 Å². The molecule has 2 atom stereocenters. The zero-order valence-electron chi connectivity index (χ0n) is 10.8. The topological polar surface area (TPSA) is 129 Å². The molecule has 0 bridgehead atoms. The highest BCUT2D eigenvalue weighted by atomic mass is 16.4. The van der Waals surface area contributed by atoms with E-state index >= 15 is 0 Å². The summed E-state index contributed by atoms with van der Waals surface area (Å²) in [7, 11) is 0. The second-order valence-corrected chi connectivity index (χ2v) is 4.11. The molecule has 0 radical (unpaired) electrons. The fraction of sp³-hybridized carbons (Fsp3) is 0.417. The minimum atomic E-state index is -1.37. The van der Waals surface area contributed by atoms with Crippen LogP contribution in [0.5, 0.6) is 0 Å². The number of nitrogens with one attached hydrogen (secondary N) is 2. The number of furan rings is 1. The molecule has 1 rings (SSSR count). The van der Waals surface area contributed by atoms with E-state index in [-0.39, 0.29) is 18.7 Å². The maximum atomic E-state index is 11.5. The molecule has 4 N–H and O–H groups in total. The summed E-state index contributed by atoms with van der Waals surface area (Å²) in [4.78, 5) is 33.7. The smallest absolute Gasteiger partial charge is 0.328 e. The zero-order valence-corrected chi connectivity index (χ0v) is 10.8. The monoisotopic (exact) mass is 284 g/mol. The quantitative estimate of drug-likeness (QED) is 0.526. The summed E-state index contributed by atoms with van der Waals surface area (Å²) in [6, 6.07) is 1.66. The minimum absolute atomic E-state index is 0.0253. The second-order valence-electron chi connectivity index (χ2n) is 4.11. The third-order valence-corrected chi connectivity index (χ3v) is 2.45. The Morgan fingerprint density at radius 1 is 1.40 bits per heavy atom. The van der Waals surface area contributed by atoms with Gasteiger partial charge in [-0.1, -0.05) is 0 Å². The summed E-state index contributed by atoms with van der Waals surface area (Å²) >= 11 is 0. The lowest BCUT2D eigenvalue weighted by Gasteiger charge is -2.16. The van der Waals surface area contributed by atoms with E-state index in [1.807, 2.05) is 0 Å². The Morgan fingerprint density at radius 2 is 2.10 bits per heavy atom. The van der Waals surface area contributed by atoms with Gasteiger partial charge in [-0.05, 0) is 19.1 Å². The number of carboxylic acids is 1. The molecule has 20 heavy (non-hydrogen) atoms. The molecular weight excluding hydrogens is 268 g/mol. The van der Waals surface area contributed by atoms with Gasteiger partial charge in [-0.3, -0.25) is 9.59 Å². The average molecular weight is 284 g/mol. The van der Waals surface area contributed by atoms with Gasteiger partial charge in [-0.2, -0.15) is 0 Å². The number of aliphatic hydroxyl groups excluding tert-OH is 1. The molecule has 110 valence electrons. The number of hydrogen-bond acceptors (Lipinski definition) is 5. The summed E-state index contributed by atoms with van der Waals surface area (Å²) in [5, 5.41) is 22.6. The van der Waals surface area contributed by atoms with Crippen molar-refractivity contribution in [1.82, 2.24) is 10.6 Å². The molecule has 0 aliphatic rings. The fourth-order valence-electron chi connectivity index (χ4n) is 1.42. The molecule has 2 amide bonds. The average Bonchev–Trinajstić information content (AvgIpc) is 2.88. The van der Waals surface area contributed by atoms with Crippen LogP contribution in [0.3, 0.4) is 0 Å². The van der Waals surface area contributed by atoms with E-state index in [9.17, 15) is 19.5 Å². The van der Waals surface area contributed by atoms with Gasteiger partial charge < -0.3 is 25.3 Å². The van der Waals surface area contributed by atoms with Crippen molar-refractivity contribution in [1.29, 1.82) is 0 Å². The van der Waals surface area contributed by atoms with Crippen molar-refractivity contribution in [3.63, 3.8) is 0 Å². The van der Waals surface area contributed by atoms with Crippen LogP contribution in [0.25, 0.3) is 0 Å². The largest absolute Gasteiger partial charge is 0.480 e. The molecule has 0 spiro atoms. The van der Waals surface area contributed by atoms with E-state index in [0.717, 1.165) is 0 Å². The molecule has 1 heterocycles. The Labute approximate surface area is 114 Å². The normalized spacial score (nSPS) is 13.3. The molecule has 8 nitrogen and oxygen atoms in total. The van der Waals surface area contributed by atoms with Crippen LogP contribution < -0.4 is 10.6 Å². The third kappa shape index (κ3) is 4.73. The number of rotatable bonds is 7. The van der Waals surface area contributed by atoms with Crippen molar-refractivity contribution in [3.8, 4) is 0 Å². The maximum absolute atomic E-state index is 11.5. The van der Waals surface area contributed by atoms with Crippen LogP contribution in [0.15, 0.2) is 22.8 Å². The number of carbonyl (C=O) groups is 3. The fourth-order valence-corrected chi connectivity index (χ4v) is 1.42. The van der Waals surface area contributed by atoms with Crippen molar-refractivity contribution in [2.45, 2.75) is 25.5 Å². The molecule has 1 aromatic rings. The van der Waals surface area contributed by atoms with E-state index in [4.69, 9.17) is 9.52 Å². The number of aliphatic hydroxyl groups is 1. The number of amides is 2. The first-order valence-electron chi connectivity index (χ1n) is 5.93. The van der Waals surface area contributed by atoms with Crippen LogP contribution in [0.2, 0.25) is 0 Å². The van der Waals surface area contributed by atoms with Crippen LogP contribution in [0, 0.1) is 0 Å². The Kier molecular flexibility index (Phi) is 5.73. The van der Waals surface area contributed by atoms with Crippen molar-refractivity contribution in [3.05, 3.63) is 24.2 Å². The molecule has 0 saturated heterocycles. The lowest BCUT2D eigenvalue weighted by Crippen LogP contribution is -2.48. The van der Waals surface area contributed by atoms with Crippen molar-refractivity contribution < 1.29 is 29.0 Å². The summed E-state index contributed by atoms with van der Waals surface area (Å²) in [6.45, 7) is 1.29. The highest BCUT2D eigenvalue weighted by Crippen LogP contribution is 1.99. The SMILES string of the molecule is CC(O)C(NC(=O)CCNC(=O)c1ccco1)C(=O)O. The van der Waals surface area contributed by atoms with E-state index in [2.05, 4.69) is 10.6 Å². The number of carbonyl (C=O) groups excluding carboxylic acids is 2. The van der Waals surface area contributed by atoms with Gasteiger partial charge in [0.05, 0.1) is 12.4 Å². The van der Waals surface area contributed by atoms with Crippen molar-refractivity contribution in [2.24, 2.45) is 0 Å². The number of carboxylic acid groups (broad SMARTS) is 1. The predicted molar refractivity (Wildman–Crippen MR) is 66.9 cm³/mol. The Bertz CT molecular complexity index is 468. The van der Waals surface area contributed by atoms with Gasteiger partial charge in [0.15, 0.2) is 11.8 Å². The maximum Gasteiger partial charge on any atom is 0.328 e. The highest BCUT2D eigenvalue weighted by Gasteiger charge is 2.24. The van der Waals surface area contributed by atoms with E-state index in [0.29, 0.717) is 0 Å². The summed E-state index contributed by atoms with van der Waals surface area (Å²) in [6.07, 6.45) is 0.0270. The first-order chi connectivity index (χ1) is 9.41. The van der Waals surface area contributed by atoms with Gasteiger partial charge in [-0.25, -0.2) is 4.79 Å². The molecule has 1 aromatic heterocycles. The first-order valence-corrected chi connectivity index (χ1v) is 5.93. The first kappa shape index (κ1) is 15.7. The van der Waals surface area contributed by atoms with Gasteiger partial charge in [0.2, 0.25) is 5.91 Å². The lowest BCUT2D eigenvalue weighted by atomic mass is 10.2. The zero-order chi connectivity index (χ0) is 15.1. The molecule has 0 saturated carbocycles. The predicted octanol–water partition coefficient (Wildman–Crippen LogP) is -0.650. The summed E-state index contributed by atoms with van der Waals surface area (Å²) in [5.74, 6) is -2.25. The molecule has 0 aliphatic heterocycles. The van der Waals surface area contributed by atoms with Crippen molar-refractivity contribution >= 4 is 17.8 Å². The molecule has 0 aliphatic carbocycles.